The molecule has 7 heteroatoms. The van der Waals surface area contributed by atoms with Gasteiger partial charge in [-0.1, -0.05) is 6.42 Å². The summed E-state index contributed by atoms with van der Waals surface area (Å²) in [7, 11) is 0. The third-order valence-electron chi connectivity index (χ3n) is 4.68. The number of carbonyl (C=O) groups is 1. The second kappa shape index (κ2) is 6.08. The van der Waals surface area contributed by atoms with Crippen LogP contribution in [0.5, 0.6) is 0 Å². The number of nitrogens with zero attached hydrogens (tertiary/aromatic N) is 2. The van der Waals surface area contributed by atoms with Crippen LogP contribution in [0.3, 0.4) is 0 Å². The lowest BCUT2D eigenvalue weighted by Crippen LogP contribution is -2.30. The lowest BCUT2D eigenvalue weighted by molar-refractivity contribution is -0.137. The number of hydrogen-bond acceptors (Lipinski definition) is 5. The van der Waals surface area contributed by atoms with Gasteiger partial charge in [-0.25, -0.2) is 4.98 Å². The van der Waals surface area contributed by atoms with E-state index in [1.807, 2.05) is 0 Å². The maximum absolute atomic E-state index is 12.0. The van der Waals surface area contributed by atoms with E-state index in [0.29, 0.717) is 12.0 Å². The minimum absolute atomic E-state index is 0.195. The molecule has 120 valence electrons. The lowest BCUT2D eigenvalue weighted by Gasteiger charge is -2.36. The van der Waals surface area contributed by atoms with Crippen molar-refractivity contribution in [3.05, 3.63) is 22.7 Å². The van der Waals surface area contributed by atoms with Gasteiger partial charge in [-0.15, -0.1) is 0 Å². The molecule has 3 rings (SSSR count). The maximum Gasteiger partial charge on any atom is 0.323 e. The van der Waals surface area contributed by atoms with Crippen molar-refractivity contribution in [3.63, 3.8) is 0 Å². The molecule has 1 aromatic rings. The van der Waals surface area contributed by atoms with Crippen LogP contribution in [-0.4, -0.2) is 39.9 Å². The highest BCUT2D eigenvalue weighted by molar-refractivity contribution is 5.66. The molecule has 2 fully saturated rings. The van der Waals surface area contributed by atoms with Gasteiger partial charge in [0.05, 0.1) is 12.7 Å². The van der Waals surface area contributed by atoms with Crippen molar-refractivity contribution in [2.45, 2.75) is 44.8 Å². The van der Waals surface area contributed by atoms with E-state index in [-0.39, 0.29) is 18.5 Å². The van der Waals surface area contributed by atoms with Crippen molar-refractivity contribution in [1.29, 1.82) is 0 Å². The lowest BCUT2D eigenvalue weighted by atomic mass is 9.67. The van der Waals surface area contributed by atoms with Gasteiger partial charge in [0.1, 0.15) is 6.54 Å². The molecule has 1 aliphatic heterocycles. The van der Waals surface area contributed by atoms with E-state index >= 15 is 0 Å². The number of nitrogens with one attached hydrogen (secondary N) is 1. The Kier molecular flexibility index (Phi) is 4.15. The summed E-state index contributed by atoms with van der Waals surface area (Å²) in [6.45, 7) is 1.11. The quantitative estimate of drug-likeness (QED) is 0.817. The molecule has 0 aromatic carbocycles. The monoisotopic (exact) mass is 307 g/mol. The van der Waals surface area contributed by atoms with E-state index in [1.165, 1.54) is 31.7 Å². The molecule has 0 bridgehead atoms. The van der Waals surface area contributed by atoms with E-state index in [2.05, 4.69) is 10.3 Å². The van der Waals surface area contributed by atoms with Crippen molar-refractivity contribution in [1.82, 2.24) is 9.55 Å². The minimum atomic E-state index is -1.05. The Morgan fingerprint density at radius 3 is 3.00 bits per heavy atom. The molecule has 7 nitrogen and oxygen atoms in total. The summed E-state index contributed by atoms with van der Waals surface area (Å²) >= 11 is 0. The predicted octanol–water partition coefficient (Wildman–Crippen LogP) is 1.09. The molecule has 2 N–H and O–H groups in total. The first-order chi connectivity index (χ1) is 10.6. The number of carboxylic acid groups (broad SMARTS) is 1. The van der Waals surface area contributed by atoms with Gasteiger partial charge < -0.3 is 15.2 Å². The van der Waals surface area contributed by atoms with E-state index in [4.69, 9.17) is 9.84 Å². The van der Waals surface area contributed by atoms with Gasteiger partial charge in [0.15, 0.2) is 5.82 Å². The zero-order valence-electron chi connectivity index (χ0n) is 12.5. The number of anilines is 1. The van der Waals surface area contributed by atoms with E-state index < -0.39 is 11.5 Å². The van der Waals surface area contributed by atoms with Gasteiger partial charge >= 0.3 is 5.97 Å². The molecule has 1 atom stereocenters. The first kappa shape index (κ1) is 15.0. The second-order valence-corrected chi connectivity index (χ2v) is 6.31. The zero-order valence-corrected chi connectivity index (χ0v) is 12.5. The van der Waals surface area contributed by atoms with Crippen molar-refractivity contribution in [3.8, 4) is 0 Å². The number of aliphatic carboxylic acids is 1. The molecule has 0 radical (unpaired) electrons. The van der Waals surface area contributed by atoms with E-state index in [0.717, 1.165) is 24.0 Å². The average molecular weight is 307 g/mol. The highest BCUT2D eigenvalue weighted by Crippen LogP contribution is 2.49. The van der Waals surface area contributed by atoms with E-state index in [9.17, 15) is 9.59 Å². The molecular formula is C15H21N3O4. The van der Waals surface area contributed by atoms with Gasteiger partial charge in [0.2, 0.25) is 0 Å². The molecule has 2 heterocycles. The topological polar surface area (TPSA) is 93.4 Å². The number of hydrogen-bond donors (Lipinski definition) is 2. The molecule has 1 aliphatic carbocycles. The molecule has 1 unspecified atom stereocenters. The first-order valence-electron chi connectivity index (χ1n) is 7.71. The Hall–Kier alpha value is -1.89. The Morgan fingerprint density at radius 2 is 2.36 bits per heavy atom. The van der Waals surface area contributed by atoms with Crippen LogP contribution < -0.4 is 10.9 Å². The fourth-order valence-electron chi connectivity index (χ4n) is 3.30. The highest BCUT2D eigenvalue weighted by Gasteiger charge is 2.44. The summed E-state index contributed by atoms with van der Waals surface area (Å²) in [6.07, 6.45) is 8.86. The number of ether oxygens (including phenoxy) is 1. The first-order valence-corrected chi connectivity index (χ1v) is 7.71. The molecule has 2 aliphatic rings. The van der Waals surface area contributed by atoms with Crippen LogP contribution >= 0.6 is 0 Å². The number of rotatable bonds is 6. The highest BCUT2D eigenvalue weighted by atomic mass is 16.5. The van der Waals surface area contributed by atoms with Crippen LogP contribution in [-0.2, 0) is 16.1 Å². The summed E-state index contributed by atoms with van der Waals surface area (Å²) in [5.41, 5.74) is 0.0249. The normalized spacial score (nSPS) is 22.5. The molecule has 1 saturated carbocycles. The number of carboxylic acids is 1. The fourth-order valence-corrected chi connectivity index (χ4v) is 3.30. The van der Waals surface area contributed by atoms with Crippen LogP contribution in [0.25, 0.3) is 0 Å². The van der Waals surface area contributed by atoms with Gasteiger partial charge in [-0.3, -0.25) is 14.2 Å². The summed E-state index contributed by atoms with van der Waals surface area (Å²) < 4.78 is 6.97. The van der Waals surface area contributed by atoms with Crippen molar-refractivity contribution < 1.29 is 14.6 Å². The van der Waals surface area contributed by atoms with E-state index in [1.54, 1.807) is 0 Å². The van der Waals surface area contributed by atoms with Crippen LogP contribution in [0.2, 0.25) is 0 Å². The summed E-state index contributed by atoms with van der Waals surface area (Å²) in [5, 5.41) is 11.8. The zero-order chi connectivity index (χ0) is 15.6. The smallest absolute Gasteiger partial charge is 0.323 e. The van der Waals surface area contributed by atoms with Crippen LogP contribution in [0.4, 0.5) is 5.82 Å². The van der Waals surface area contributed by atoms with Gasteiger partial charge in [0.25, 0.3) is 5.56 Å². The largest absolute Gasteiger partial charge is 0.480 e. The molecular weight excluding hydrogens is 286 g/mol. The van der Waals surface area contributed by atoms with Crippen LogP contribution in [0, 0.1) is 5.41 Å². The molecule has 0 amide bonds. The fraction of sp³-hybridized carbons (Fsp3) is 0.667. The molecule has 1 saturated heterocycles. The van der Waals surface area contributed by atoms with Crippen molar-refractivity contribution in [2.75, 3.05) is 18.5 Å². The van der Waals surface area contributed by atoms with Crippen molar-refractivity contribution in [2.24, 2.45) is 5.41 Å². The van der Waals surface area contributed by atoms with Crippen LogP contribution in [0.1, 0.15) is 32.1 Å². The molecule has 1 spiro atoms. The SMILES string of the molecule is O=C(O)Cn1ccnc(NCCC2CC3(CCC3)CO2)c1=O. The Bertz CT molecular complexity index is 609. The molecule has 1 aromatic heterocycles. The predicted molar refractivity (Wildman–Crippen MR) is 79.9 cm³/mol. The third-order valence-corrected chi connectivity index (χ3v) is 4.68. The second-order valence-electron chi connectivity index (χ2n) is 6.31. The minimum Gasteiger partial charge on any atom is -0.480 e. The number of aromatic nitrogens is 2. The molecule has 22 heavy (non-hydrogen) atoms. The Balaban J connectivity index is 1.51. The summed E-state index contributed by atoms with van der Waals surface area (Å²) in [5.74, 6) is -0.857. The van der Waals surface area contributed by atoms with Crippen LogP contribution in [0.15, 0.2) is 17.2 Å². The van der Waals surface area contributed by atoms with Gasteiger partial charge in [0, 0.05) is 18.9 Å². The summed E-state index contributed by atoms with van der Waals surface area (Å²) in [4.78, 5) is 26.7. The van der Waals surface area contributed by atoms with Gasteiger partial charge in [-0.2, -0.15) is 0 Å². The van der Waals surface area contributed by atoms with Crippen molar-refractivity contribution >= 4 is 11.8 Å². The summed E-state index contributed by atoms with van der Waals surface area (Å²) in [6, 6.07) is 0. The maximum atomic E-state index is 12.0. The third kappa shape index (κ3) is 3.14. The Labute approximate surface area is 128 Å². The van der Waals surface area contributed by atoms with Gasteiger partial charge in [-0.05, 0) is 31.1 Å². The standard InChI is InChI=1S/C15H21N3O4/c19-12(20)9-18-7-6-17-13(14(18)21)16-5-2-11-8-15(10-22-11)3-1-4-15/h6-7,11H,1-5,8-10H2,(H,16,17)(H,19,20). The average Bonchev–Trinajstić information content (AvgIpc) is 2.87. The Morgan fingerprint density at radius 1 is 1.55 bits per heavy atom.